The predicted octanol–water partition coefficient (Wildman–Crippen LogP) is 2.45. The lowest BCUT2D eigenvalue weighted by Crippen LogP contribution is -2.28. The first-order valence-electron chi connectivity index (χ1n) is 6.36. The summed E-state index contributed by atoms with van der Waals surface area (Å²) in [5.41, 5.74) is 7.81. The fourth-order valence-corrected chi connectivity index (χ4v) is 3.42. The Morgan fingerprint density at radius 1 is 1.05 bits per heavy atom. The summed E-state index contributed by atoms with van der Waals surface area (Å²) in [4.78, 5) is 0. The van der Waals surface area contributed by atoms with Gasteiger partial charge in [0, 0.05) is 11.7 Å². The van der Waals surface area contributed by atoms with E-state index in [0.717, 1.165) is 5.56 Å². The van der Waals surface area contributed by atoms with Gasteiger partial charge in [-0.3, -0.25) is 0 Å². The van der Waals surface area contributed by atoms with Crippen LogP contribution in [0.25, 0.3) is 0 Å². The Morgan fingerprint density at radius 2 is 1.65 bits per heavy atom. The van der Waals surface area contributed by atoms with Gasteiger partial charge >= 0.3 is 0 Å². The molecule has 0 amide bonds. The van der Waals surface area contributed by atoms with Crippen molar-refractivity contribution in [2.75, 3.05) is 5.73 Å². The lowest BCUT2D eigenvalue weighted by molar-refractivity contribution is 0.566. The van der Waals surface area contributed by atoms with Gasteiger partial charge in [-0.15, -0.1) is 0 Å². The quantitative estimate of drug-likeness (QED) is 0.831. The minimum atomic E-state index is -3.43. The van der Waals surface area contributed by atoms with Crippen LogP contribution in [0.4, 0.5) is 5.69 Å². The first-order valence-corrected chi connectivity index (χ1v) is 8.01. The zero-order valence-electron chi connectivity index (χ0n) is 11.3. The number of nitrogens with one attached hydrogen (secondary N) is 1. The van der Waals surface area contributed by atoms with Crippen LogP contribution in [0.15, 0.2) is 54.6 Å². The lowest BCUT2D eigenvalue weighted by Gasteiger charge is -2.15. The molecule has 2 rings (SSSR count). The second-order valence-corrected chi connectivity index (χ2v) is 6.46. The van der Waals surface area contributed by atoms with Gasteiger partial charge in [-0.1, -0.05) is 48.5 Å². The first-order chi connectivity index (χ1) is 9.48. The zero-order chi connectivity index (χ0) is 14.6. The second kappa shape index (κ2) is 6.07. The van der Waals surface area contributed by atoms with Crippen molar-refractivity contribution >= 4 is 15.7 Å². The summed E-state index contributed by atoms with van der Waals surface area (Å²) in [5.74, 6) is -0.114. The van der Waals surface area contributed by atoms with Gasteiger partial charge in [-0.2, -0.15) is 0 Å². The van der Waals surface area contributed by atoms with Crippen LogP contribution in [-0.4, -0.2) is 8.42 Å². The molecular formula is C15H18N2O2S. The van der Waals surface area contributed by atoms with Gasteiger partial charge < -0.3 is 5.73 Å². The van der Waals surface area contributed by atoms with E-state index >= 15 is 0 Å². The van der Waals surface area contributed by atoms with Crippen LogP contribution in [0.5, 0.6) is 0 Å². The van der Waals surface area contributed by atoms with E-state index in [0.29, 0.717) is 11.3 Å². The Morgan fingerprint density at radius 3 is 2.30 bits per heavy atom. The summed E-state index contributed by atoms with van der Waals surface area (Å²) in [6.45, 7) is 1.82. The number of rotatable bonds is 5. The summed E-state index contributed by atoms with van der Waals surface area (Å²) in [6.07, 6.45) is 0. The third kappa shape index (κ3) is 3.82. The van der Waals surface area contributed by atoms with Crippen LogP contribution >= 0.6 is 0 Å². The van der Waals surface area contributed by atoms with Crippen molar-refractivity contribution in [3.05, 3.63) is 65.7 Å². The molecule has 106 valence electrons. The van der Waals surface area contributed by atoms with Gasteiger partial charge in [0.1, 0.15) is 0 Å². The van der Waals surface area contributed by atoms with Gasteiger partial charge in [-0.05, 0) is 24.1 Å². The van der Waals surface area contributed by atoms with Crippen LogP contribution in [0.1, 0.15) is 24.1 Å². The molecule has 0 aromatic heterocycles. The summed E-state index contributed by atoms with van der Waals surface area (Å²) < 4.78 is 27.0. The monoisotopic (exact) mass is 290 g/mol. The average Bonchev–Trinajstić information content (AvgIpc) is 2.41. The Hall–Kier alpha value is -1.85. The van der Waals surface area contributed by atoms with E-state index in [1.165, 1.54) is 0 Å². The zero-order valence-corrected chi connectivity index (χ0v) is 12.1. The molecule has 0 fully saturated rings. The molecule has 0 aliphatic rings. The second-order valence-electron chi connectivity index (χ2n) is 4.71. The summed E-state index contributed by atoms with van der Waals surface area (Å²) in [7, 11) is -3.43. The van der Waals surface area contributed by atoms with E-state index in [9.17, 15) is 8.42 Å². The van der Waals surface area contributed by atoms with Crippen LogP contribution < -0.4 is 10.5 Å². The molecule has 0 saturated carbocycles. The minimum Gasteiger partial charge on any atom is -0.398 e. The normalized spacial score (nSPS) is 13.1. The third-order valence-electron chi connectivity index (χ3n) is 3.06. The van der Waals surface area contributed by atoms with Gasteiger partial charge in [-0.25, -0.2) is 13.1 Å². The molecule has 2 aromatic carbocycles. The summed E-state index contributed by atoms with van der Waals surface area (Å²) >= 11 is 0. The summed E-state index contributed by atoms with van der Waals surface area (Å²) in [6, 6.07) is 16.2. The number of nitrogen functional groups attached to an aromatic ring is 1. The highest BCUT2D eigenvalue weighted by Gasteiger charge is 2.17. The van der Waals surface area contributed by atoms with Crippen LogP contribution in [0.3, 0.4) is 0 Å². The third-order valence-corrected chi connectivity index (χ3v) is 4.46. The van der Waals surface area contributed by atoms with E-state index in [1.54, 1.807) is 24.3 Å². The highest BCUT2D eigenvalue weighted by Crippen LogP contribution is 2.17. The standard InChI is InChI=1S/C15H18N2O2S/c1-12(13-7-3-2-4-8-13)17-20(18,19)11-14-9-5-6-10-15(14)16/h2-10,12,17H,11,16H2,1H3. The van der Waals surface area contributed by atoms with Crippen molar-refractivity contribution in [2.45, 2.75) is 18.7 Å². The number of benzene rings is 2. The number of hydrogen-bond acceptors (Lipinski definition) is 3. The summed E-state index contributed by atoms with van der Waals surface area (Å²) in [5, 5.41) is 0. The molecular weight excluding hydrogens is 272 g/mol. The molecule has 0 aliphatic carbocycles. The molecule has 0 spiro atoms. The number of hydrogen-bond donors (Lipinski definition) is 2. The van der Waals surface area contributed by atoms with Crippen LogP contribution in [0, 0.1) is 0 Å². The van der Waals surface area contributed by atoms with Crippen molar-refractivity contribution in [1.82, 2.24) is 4.72 Å². The first kappa shape index (κ1) is 14.6. The highest BCUT2D eigenvalue weighted by atomic mass is 32.2. The van der Waals surface area contributed by atoms with Crippen molar-refractivity contribution in [2.24, 2.45) is 0 Å². The Balaban J connectivity index is 2.10. The predicted molar refractivity (Wildman–Crippen MR) is 81.5 cm³/mol. The van der Waals surface area contributed by atoms with Crippen LogP contribution in [-0.2, 0) is 15.8 Å². The molecule has 3 N–H and O–H groups in total. The highest BCUT2D eigenvalue weighted by molar-refractivity contribution is 7.88. The van der Waals surface area contributed by atoms with Gasteiger partial charge in [0.15, 0.2) is 0 Å². The van der Waals surface area contributed by atoms with Gasteiger partial charge in [0.05, 0.1) is 5.75 Å². The molecule has 2 aromatic rings. The molecule has 20 heavy (non-hydrogen) atoms. The maximum atomic E-state index is 12.2. The molecule has 4 nitrogen and oxygen atoms in total. The fraction of sp³-hybridized carbons (Fsp3) is 0.200. The Labute approximate surface area is 119 Å². The molecule has 0 saturated heterocycles. The number of nitrogens with two attached hydrogens (primary N) is 1. The molecule has 1 atom stereocenters. The van der Waals surface area contributed by atoms with E-state index in [1.807, 2.05) is 37.3 Å². The van der Waals surface area contributed by atoms with Crippen LogP contribution in [0.2, 0.25) is 0 Å². The molecule has 0 heterocycles. The molecule has 1 unspecified atom stereocenters. The molecule has 0 aliphatic heterocycles. The van der Waals surface area contributed by atoms with Gasteiger partial charge in [0.2, 0.25) is 10.0 Å². The molecule has 0 radical (unpaired) electrons. The van der Waals surface area contributed by atoms with E-state index < -0.39 is 10.0 Å². The Bertz CT molecular complexity index is 669. The lowest BCUT2D eigenvalue weighted by atomic mass is 10.1. The largest absolute Gasteiger partial charge is 0.398 e. The smallest absolute Gasteiger partial charge is 0.216 e. The van der Waals surface area contributed by atoms with Gasteiger partial charge in [0.25, 0.3) is 0 Å². The maximum absolute atomic E-state index is 12.2. The SMILES string of the molecule is CC(NS(=O)(=O)Cc1ccccc1N)c1ccccc1. The van der Waals surface area contributed by atoms with E-state index in [2.05, 4.69) is 4.72 Å². The molecule has 0 bridgehead atoms. The topological polar surface area (TPSA) is 72.2 Å². The van der Waals surface area contributed by atoms with Crippen molar-refractivity contribution in [3.8, 4) is 0 Å². The number of para-hydroxylation sites is 1. The number of anilines is 1. The van der Waals surface area contributed by atoms with Crippen molar-refractivity contribution in [3.63, 3.8) is 0 Å². The minimum absolute atomic E-state index is 0.114. The number of sulfonamides is 1. The molecule has 5 heteroatoms. The average molecular weight is 290 g/mol. The van der Waals surface area contributed by atoms with E-state index in [-0.39, 0.29) is 11.8 Å². The van der Waals surface area contributed by atoms with E-state index in [4.69, 9.17) is 5.73 Å². The van der Waals surface area contributed by atoms with Crippen molar-refractivity contribution in [1.29, 1.82) is 0 Å². The van der Waals surface area contributed by atoms with Crippen molar-refractivity contribution < 1.29 is 8.42 Å². The Kier molecular flexibility index (Phi) is 4.42. The fourth-order valence-electron chi connectivity index (χ4n) is 1.99. The maximum Gasteiger partial charge on any atom is 0.216 e.